The molecule has 0 amide bonds. The minimum Gasteiger partial charge on any atom is -0.391 e. The highest BCUT2D eigenvalue weighted by atomic mass is 32.2. The smallest absolute Gasteiger partial charge is 0.209 e. The molecule has 1 aliphatic rings. The van der Waals surface area contributed by atoms with Crippen LogP contribution in [0.1, 0.15) is 39.7 Å². The summed E-state index contributed by atoms with van der Waals surface area (Å²) in [5, 5.41) is 22.6. The minimum absolute atomic E-state index is 0.244. The molecule has 0 spiro atoms. The van der Waals surface area contributed by atoms with Gasteiger partial charge in [0, 0.05) is 12.3 Å². The van der Waals surface area contributed by atoms with Crippen LogP contribution in [0.2, 0.25) is 0 Å². The quantitative estimate of drug-likeness (QED) is 0.802. The van der Waals surface area contributed by atoms with Gasteiger partial charge in [0.1, 0.15) is 0 Å². The van der Waals surface area contributed by atoms with Gasteiger partial charge in [-0.1, -0.05) is 18.7 Å². The summed E-state index contributed by atoms with van der Waals surface area (Å²) in [6.07, 6.45) is 2.16. The summed E-state index contributed by atoms with van der Waals surface area (Å²) in [6.45, 7) is 9.36. The Morgan fingerprint density at radius 3 is 2.70 bits per heavy atom. The second-order valence-corrected chi connectivity index (χ2v) is 6.93. The Hall–Kier alpha value is -0.660. The number of piperidine rings is 1. The van der Waals surface area contributed by atoms with Crippen LogP contribution in [0.25, 0.3) is 0 Å². The summed E-state index contributed by atoms with van der Waals surface area (Å²) >= 11 is 1.53. The van der Waals surface area contributed by atoms with E-state index < -0.39 is 0 Å². The number of rotatable bonds is 6. The van der Waals surface area contributed by atoms with Gasteiger partial charge in [0.15, 0.2) is 0 Å². The third-order valence-electron chi connectivity index (χ3n) is 3.70. The molecule has 1 aromatic rings. The second-order valence-electron chi connectivity index (χ2n) is 5.95. The fourth-order valence-electron chi connectivity index (χ4n) is 2.37. The van der Waals surface area contributed by atoms with Crippen LogP contribution in [0.3, 0.4) is 0 Å². The SMILES string of the molecule is CC1CCN(CC(O)CSc2nnnn2C(C)C)CC1. The predicted octanol–water partition coefficient (Wildman–Crippen LogP) is 1.44. The van der Waals surface area contributed by atoms with Crippen LogP contribution in [-0.2, 0) is 0 Å². The van der Waals surface area contributed by atoms with Crippen molar-refractivity contribution in [1.29, 1.82) is 0 Å². The first-order valence-corrected chi connectivity index (χ1v) is 8.36. The average molecular weight is 299 g/mol. The van der Waals surface area contributed by atoms with E-state index >= 15 is 0 Å². The van der Waals surface area contributed by atoms with E-state index in [1.165, 1.54) is 24.6 Å². The van der Waals surface area contributed by atoms with E-state index in [9.17, 15) is 5.11 Å². The molecule has 2 heterocycles. The molecule has 0 radical (unpaired) electrons. The molecular weight excluding hydrogens is 274 g/mol. The van der Waals surface area contributed by atoms with Crippen molar-refractivity contribution in [3.05, 3.63) is 0 Å². The fraction of sp³-hybridized carbons (Fsp3) is 0.923. The molecule has 1 aromatic heterocycles. The van der Waals surface area contributed by atoms with Gasteiger partial charge in [0.05, 0.1) is 12.1 Å². The summed E-state index contributed by atoms with van der Waals surface area (Å²) in [4.78, 5) is 2.36. The number of thioether (sulfide) groups is 1. The molecular formula is C13H25N5OS. The first-order chi connectivity index (χ1) is 9.56. The van der Waals surface area contributed by atoms with Crippen LogP contribution in [0.15, 0.2) is 5.16 Å². The maximum atomic E-state index is 10.2. The molecule has 1 N–H and O–H groups in total. The number of hydrogen-bond acceptors (Lipinski definition) is 6. The van der Waals surface area contributed by atoms with E-state index in [-0.39, 0.29) is 12.1 Å². The molecule has 114 valence electrons. The lowest BCUT2D eigenvalue weighted by Crippen LogP contribution is -2.39. The normalized spacial score (nSPS) is 19.6. The van der Waals surface area contributed by atoms with Crippen molar-refractivity contribution in [2.75, 3.05) is 25.4 Å². The van der Waals surface area contributed by atoms with Gasteiger partial charge in [-0.2, -0.15) is 0 Å². The van der Waals surface area contributed by atoms with E-state index in [0.717, 1.165) is 30.7 Å². The number of aliphatic hydroxyl groups excluding tert-OH is 1. The highest BCUT2D eigenvalue weighted by Gasteiger charge is 2.19. The van der Waals surface area contributed by atoms with E-state index in [2.05, 4.69) is 27.3 Å². The van der Waals surface area contributed by atoms with Crippen LogP contribution in [-0.4, -0.2) is 61.7 Å². The van der Waals surface area contributed by atoms with Gasteiger partial charge in [0.25, 0.3) is 0 Å². The molecule has 1 fully saturated rings. The number of likely N-dealkylation sites (tertiary alicyclic amines) is 1. The van der Waals surface area contributed by atoms with Crippen LogP contribution in [0, 0.1) is 5.92 Å². The van der Waals surface area contributed by atoms with Crippen LogP contribution in [0.5, 0.6) is 0 Å². The zero-order valence-corrected chi connectivity index (χ0v) is 13.4. The van der Waals surface area contributed by atoms with Gasteiger partial charge in [0.2, 0.25) is 5.16 Å². The lowest BCUT2D eigenvalue weighted by Gasteiger charge is -2.31. The maximum absolute atomic E-state index is 10.2. The first kappa shape index (κ1) is 15.7. The Balaban J connectivity index is 1.74. The average Bonchev–Trinajstić information content (AvgIpc) is 2.88. The van der Waals surface area contributed by atoms with E-state index in [1.54, 1.807) is 4.68 Å². The molecule has 2 rings (SSSR count). The Bertz CT molecular complexity index is 403. The minimum atomic E-state index is -0.328. The Morgan fingerprint density at radius 2 is 2.05 bits per heavy atom. The van der Waals surface area contributed by atoms with Gasteiger partial charge in [-0.15, -0.1) is 5.10 Å². The Labute approximate surface area is 124 Å². The van der Waals surface area contributed by atoms with Crippen molar-refractivity contribution >= 4 is 11.8 Å². The van der Waals surface area contributed by atoms with Crippen molar-refractivity contribution in [3.8, 4) is 0 Å². The summed E-state index contributed by atoms with van der Waals surface area (Å²) in [6, 6.07) is 0.244. The molecule has 6 nitrogen and oxygen atoms in total. The number of β-amino-alcohol motifs (C(OH)–C–C–N with tert-alkyl or cyclic N) is 1. The predicted molar refractivity (Wildman–Crippen MR) is 79.8 cm³/mol. The molecule has 20 heavy (non-hydrogen) atoms. The first-order valence-electron chi connectivity index (χ1n) is 7.37. The van der Waals surface area contributed by atoms with Crippen LogP contribution < -0.4 is 0 Å². The summed E-state index contributed by atoms with van der Waals surface area (Å²) in [5.41, 5.74) is 0. The van der Waals surface area contributed by atoms with E-state index in [0.29, 0.717) is 5.75 Å². The second kappa shape index (κ2) is 7.38. The van der Waals surface area contributed by atoms with Gasteiger partial charge < -0.3 is 10.0 Å². The largest absolute Gasteiger partial charge is 0.391 e. The van der Waals surface area contributed by atoms with E-state index in [1.807, 2.05) is 13.8 Å². The Morgan fingerprint density at radius 1 is 1.35 bits per heavy atom. The Kier molecular flexibility index (Phi) is 5.80. The molecule has 0 aromatic carbocycles. The number of nitrogens with zero attached hydrogens (tertiary/aromatic N) is 5. The van der Waals surface area contributed by atoms with Crippen molar-refractivity contribution in [3.63, 3.8) is 0 Å². The maximum Gasteiger partial charge on any atom is 0.209 e. The van der Waals surface area contributed by atoms with Crippen molar-refractivity contribution < 1.29 is 5.11 Å². The van der Waals surface area contributed by atoms with Crippen molar-refractivity contribution in [2.24, 2.45) is 5.92 Å². The molecule has 1 unspecified atom stereocenters. The molecule has 1 atom stereocenters. The molecule has 1 saturated heterocycles. The summed E-state index contributed by atoms with van der Waals surface area (Å²) in [7, 11) is 0. The standard InChI is InChI=1S/C13H25N5OS/c1-10(2)18-13(14-15-16-18)20-9-12(19)8-17-6-4-11(3)5-7-17/h10-12,19H,4-9H2,1-3H3. The van der Waals surface area contributed by atoms with Crippen LogP contribution >= 0.6 is 11.8 Å². The fourth-order valence-corrected chi connectivity index (χ4v) is 3.29. The van der Waals surface area contributed by atoms with Crippen molar-refractivity contribution in [1.82, 2.24) is 25.1 Å². The number of hydrogen-bond donors (Lipinski definition) is 1. The lowest BCUT2D eigenvalue weighted by molar-refractivity contribution is 0.105. The van der Waals surface area contributed by atoms with Crippen LogP contribution in [0.4, 0.5) is 0 Å². The van der Waals surface area contributed by atoms with Gasteiger partial charge in [-0.05, 0) is 56.1 Å². The third-order valence-corrected chi connectivity index (χ3v) is 4.78. The molecule has 7 heteroatoms. The zero-order chi connectivity index (χ0) is 14.5. The number of tetrazole rings is 1. The molecule has 1 aliphatic heterocycles. The van der Waals surface area contributed by atoms with Gasteiger partial charge >= 0.3 is 0 Å². The summed E-state index contributed by atoms with van der Waals surface area (Å²) < 4.78 is 1.79. The highest BCUT2D eigenvalue weighted by Crippen LogP contribution is 2.20. The van der Waals surface area contributed by atoms with Gasteiger partial charge in [-0.3, -0.25) is 0 Å². The third kappa shape index (κ3) is 4.43. The number of aliphatic hydroxyl groups is 1. The van der Waals surface area contributed by atoms with Crippen molar-refractivity contribution in [2.45, 2.75) is 50.9 Å². The van der Waals surface area contributed by atoms with Gasteiger partial charge in [-0.25, -0.2) is 4.68 Å². The lowest BCUT2D eigenvalue weighted by atomic mass is 9.99. The number of aromatic nitrogens is 4. The molecule has 0 bridgehead atoms. The highest BCUT2D eigenvalue weighted by molar-refractivity contribution is 7.99. The molecule has 0 saturated carbocycles. The summed E-state index contributed by atoms with van der Waals surface area (Å²) in [5.74, 6) is 1.47. The zero-order valence-electron chi connectivity index (χ0n) is 12.6. The van der Waals surface area contributed by atoms with E-state index in [4.69, 9.17) is 0 Å². The monoisotopic (exact) mass is 299 g/mol. The molecule has 0 aliphatic carbocycles. The topological polar surface area (TPSA) is 67.1 Å².